The zero-order valence-electron chi connectivity index (χ0n) is 13.1. The Balaban J connectivity index is 2.04. The molecule has 1 atom stereocenters. The van der Waals surface area contributed by atoms with Crippen LogP contribution in [0, 0.1) is 5.82 Å². The number of carbonyl (C=O) groups excluding carboxylic acids is 1. The summed E-state index contributed by atoms with van der Waals surface area (Å²) in [6, 6.07) is 4.72. The van der Waals surface area contributed by atoms with Gasteiger partial charge in [0.2, 0.25) is 0 Å². The maximum atomic E-state index is 14.2. The maximum absolute atomic E-state index is 14.2. The molecule has 1 N–H and O–H groups in total. The zero-order chi connectivity index (χ0) is 16.1. The summed E-state index contributed by atoms with van der Waals surface area (Å²) in [5, 5.41) is 9.34. The highest BCUT2D eigenvalue weighted by atomic mass is 19.1. The van der Waals surface area contributed by atoms with E-state index >= 15 is 0 Å². The lowest BCUT2D eigenvalue weighted by Crippen LogP contribution is -2.52. The van der Waals surface area contributed by atoms with Crippen molar-refractivity contribution in [2.24, 2.45) is 0 Å². The van der Waals surface area contributed by atoms with E-state index in [1.807, 2.05) is 6.92 Å². The largest absolute Gasteiger partial charge is 0.494 e. The van der Waals surface area contributed by atoms with E-state index in [0.717, 1.165) is 6.42 Å². The smallest absolute Gasteiger partial charge is 0.257 e. The number of ether oxygens (including phenoxy) is 1. The third-order valence-electron chi connectivity index (χ3n) is 4.21. The number of rotatable bonds is 5. The van der Waals surface area contributed by atoms with Gasteiger partial charge in [0.15, 0.2) is 11.6 Å². The molecule has 0 aliphatic carbocycles. The first-order valence-electron chi connectivity index (χ1n) is 7.59. The second kappa shape index (κ2) is 7.56. The van der Waals surface area contributed by atoms with Gasteiger partial charge in [-0.25, -0.2) is 4.39 Å². The second-order valence-electron chi connectivity index (χ2n) is 5.39. The van der Waals surface area contributed by atoms with Crippen molar-refractivity contribution >= 4 is 5.91 Å². The fourth-order valence-electron chi connectivity index (χ4n) is 2.80. The molecule has 1 saturated heterocycles. The molecule has 22 heavy (non-hydrogen) atoms. The lowest BCUT2D eigenvalue weighted by molar-refractivity contribution is 0.0468. The third-order valence-corrected chi connectivity index (χ3v) is 4.21. The number of piperazine rings is 1. The minimum atomic E-state index is -0.612. The molecule has 1 unspecified atom stereocenters. The van der Waals surface area contributed by atoms with Crippen molar-refractivity contribution in [3.8, 4) is 5.75 Å². The molecule has 1 heterocycles. The molecule has 5 nitrogen and oxygen atoms in total. The summed E-state index contributed by atoms with van der Waals surface area (Å²) >= 11 is 0. The van der Waals surface area contributed by atoms with Crippen LogP contribution in [0.4, 0.5) is 4.39 Å². The van der Waals surface area contributed by atoms with Crippen LogP contribution in [0.25, 0.3) is 0 Å². The number of nitrogens with zero attached hydrogens (tertiary/aromatic N) is 2. The average molecular weight is 310 g/mol. The molecular formula is C16H23FN2O3. The zero-order valence-corrected chi connectivity index (χ0v) is 13.1. The molecule has 1 aromatic carbocycles. The molecule has 1 fully saturated rings. The number of benzene rings is 1. The number of carbonyl (C=O) groups is 1. The van der Waals surface area contributed by atoms with E-state index in [1.54, 1.807) is 11.0 Å². The molecule has 0 radical (unpaired) electrons. The topological polar surface area (TPSA) is 53.0 Å². The molecular weight excluding hydrogens is 287 g/mol. The first kappa shape index (κ1) is 16.7. The predicted molar refractivity (Wildman–Crippen MR) is 81.6 cm³/mol. The van der Waals surface area contributed by atoms with Crippen molar-refractivity contribution in [2.45, 2.75) is 19.4 Å². The van der Waals surface area contributed by atoms with E-state index in [1.165, 1.54) is 19.2 Å². The molecule has 2 rings (SSSR count). The fourth-order valence-corrected chi connectivity index (χ4v) is 2.80. The molecule has 0 aromatic heterocycles. The van der Waals surface area contributed by atoms with Crippen LogP contribution in [0.3, 0.4) is 0 Å². The molecule has 0 bridgehead atoms. The number of aliphatic hydroxyl groups is 1. The standard InChI is InChI=1S/C16H23FN2O3/c1-3-12(11-20)18-7-9-19(10-8-18)16(21)13-5-4-6-14(22-2)15(13)17/h4-6,12,20H,3,7-11H2,1-2H3. The molecule has 0 saturated carbocycles. The van der Waals surface area contributed by atoms with Crippen LogP contribution in [-0.4, -0.2) is 66.8 Å². The van der Waals surface area contributed by atoms with Crippen molar-refractivity contribution < 1.29 is 19.0 Å². The molecule has 1 aliphatic rings. The van der Waals surface area contributed by atoms with Crippen LogP contribution in [-0.2, 0) is 0 Å². The molecule has 122 valence electrons. The molecule has 1 aromatic rings. The van der Waals surface area contributed by atoms with E-state index in [4.69, 9.17) is 4.74 Å². The Kier molecular flexibility index (Phi) is 5.74. The maximum Gasteiger partial charge on any atom is 0.257 e. The number of halogens is 1. The quantitative estimate of drug-likeness (QED) is 0.892. The summed E-state index contributed by atoms with van der Waals surface area (Å²) in [5.74, 6) is -0.844. The summed E-state index contributed by atoms with van der Waals surface area (Å²) in [4.78, 5) is 16.3. The number of methoxy groups -OCH3 is 1. The third kappa shape index (κ3) is 3.39. The first-order chi connectivity index (χ1) is 10.6. The minimum Gasteiger partial charge on any atom is -0.494 e. The van der Waals surface area contributed by atoms with Gasteiger partial charge in [-0.05, 0) is 18.6 Å². The van der Waals surface area contributed by atoms with Crippen molar-refractivity contribution in [1.82, 2.24) is 9.80 Å². The Labute approximate surface area is 130 Å². The molecule has 6 heteroatoms. The second-order valence-corrected chi connectivity index (χ2v) is 5.39. The van der Waals surface area contributed by atoms with Crippen LogP contribution in [0.15, 0.2) is 18.2 Å². The Morgan fingerprint density at radius 3 is 2.59 bits per heavy atom. The van der Waals surface area contributed by atoms with Gasteiger partial charge < -0.3 is 14.7 Å². The number of hydrogen-bond donors (Lipinski definition) is 1. The van der Waals surface area contributed by atoms with Crippen molar-refractivity contribution in [3.63, 3.8) is 0 Å². The number of aliphatic hydroxyl groups excluding tert-OH is 1. The van der Waals surface area contributed by atoms with Crippen molar-refractivity contribution in [2.75, 3.05) is 39.9 Å². The van der Waals surface area contributed by atoms with Crippen LogP contribution >= 0.6 is 0 Å². The van der Waals surface area contributed by atoms with E-state index in [2.05, 4.69) is 4.90 Å². The lowest BCUT2D eigenvalue weighted by atomic mass is 10.1. The van der Waals surface area contributed by atoms with Gasteiger partial charge >= 0.3 is 0 Å². The summed E-state index contributed by atoms with van der Waals surface area (Å²) in [6.07, 6.45) is 0.870. The number of amides is 1. The van der Waals surface area contributed by atoms with Gasteiger partial charge in [-0.2, -0.15) is 0 Å². The van der Waals surface area contributed by atoms with Crippen LogP contribution < -0.4 is 4.74 Å². The summed E-state index contributed by atoms with van der Waals surface area (Å²) in [6.45, 7) is 4.60. The van der Waals surface area contributed by atoms with Gasteiger partial charge in [0.05, 0.1) is 19.3 Å². The Morgan fingerprint density at radius 2 is 2.05 bits per heavy atom. The van der Waals surface area contributed by atoms with Gasteiger partial charge in [-0.1, -0.05) is 13.0 Å². The normalized spacial score (nSPS) is 17.4. The summed E-state index contributed by atoms with van der Waals surface area (Å²) in [5.41, 5.74) is 0.0435. The Morgan fingerprint density at radius 1 is 1.36 bits per heavy atom. The first-order valence-corrected chi connectivity index (χ1v) is 7.59. The highest BCUT2D eigenvalue weighted by molar-refractivity contribution is 5.95. The lowest BCUT2D eigenvalue weighted by Gasteiger charge is -2.38. The molecule has 0 spiro atoms. The summed E-state index contributed by atoms with van der Waals surface area (Å²) < 4.78 is 19.1. The minimum absolute atomic E-state index is 0.0435. The SMILES string of the molecule is CCC(CO)N1CCN(C(=O)c2cccc(OC)c2F)CC1. The Hall–Kier alpha value is -1.66. The van der Waals surface area contributed by atoms with Crippen molar-refractivity contribution in [3.05, 3.63) is 29.6 Å². The molecule has 1 amide bonds. The van der Waals surface area contributed by atoms with Gasteiger partial charge in [0.1, 0.15) is 0 Å². The van der Waals surface area contributed by atoms with Crippen LogP contribution in [0.2, 0.25) is 0 Å². The summed E-state index contributed by atoms with van der Waals surface area (Å²) in [7, 11) is 1.38. The highest BCUT2D eigenvalue weighted by Crippen LogP contribution is 2.22. The van der Waals surface area contributed by atoms with Gasteiger partial charge in [-0.3, -0.25) is 9.69 Å². The average Bonchev–Trinajstić information content (AvgIpc) is 2.56. The van der Waals surface area contributed by atoms with E-state index in [0.29, 0.717) is 26.2 Å². The predicted octanol–water partition coefficient (Wildman–Crippen LogP) is 1.36. The number of hydrogen-bond acceptors (Lipinski definition) is 4. The molecule has 1 aliphatic heterocycles. The Bertz CT molecular complexity index is 512. The van der Waals surface area contributed by atoms with E-state index in [-0.39, 0.29) is 29.9 Å². The van der Waals surface area contributed by atoms with Gasteiger partial charge in [0, 0.05) is 32.2 Å². The van der Waals surface area contributed by atoms with E-state index in [9.17, 15) is 14.3 Å². The van der Waals surface area contributed by atoms with Crippen molar-refractivity contribution in [1.29, 1.82) is 0 Å². The highest BCUT2D eigenvalue weighted by Gasteiger charge is 2.27. The van der Waals surface area contributed by atoms with Crippen LogP contribution in [0.5, 0.6) is 5.75 Å². The fraction of sp³-hybridized carbons (Fsp3) is 0.562. The van der Waals surface area contributed by atoms with Gasteiger partial charge in [0.25, 0.3) is 5.91 Å². The van der Waals surface area contributed by atoms with Crippen LogP contribution in [0.1, 0.15) is 23.7 Å². The van der Waals surface area contributed by atoms with Gasteiger partial charge in [-0.15, -0.1) is 0 Å². The van der Waals surface area contributed by atoms with E-state index < -0.39 is 5.82 Å². The monoisotopic (exact) mass is 310 g/mol.